The molecule has 2 aromatic heterocycles. The van der Waals surface area contributed by atoms with Gasteiger partial charge in [-0.15, -0.1) is 22.7 Å². The van der Waals surface area contributed by atoms with Crippen molar-refractivity contribution in [1.29, 1.82) is 0 Å². The summed E-state index contributed by atoms with van der Waals surface area (Å²) in [5.41, 5.74) is 8.69. The highest BCUT2D eigenvalue weighted by Crippen LogP contribution is 2.40. The number of amides is 3. The second-order valence-corrected chi connectivity index (χ2v) is 13.2. The Bertz CT molecular complexity index is 1500. The molecule has 248 valence electrons. The molecule has 46 heavy (non-hydrogen) atoms. The number of anilines is 2. The molecular weight excluding hydrogens is 631 g/mol. The van der Waals surface area contributed by atoms with Gasteiger partial charge in [-0.2, -0.15) is 0 Å². The average Bonchev–Trinajstić information content (AvgIpc) is 3.70. The number of nitrogens with two attached hydrogens (primary N) is 1. The SMILES string of the molecule is CC(C)N(c1cc(-c2ccc(NC(=O)c3cscn3)cc2)sc1C(=O)O)C(=O)[C@H]1CC[C@H](C)CC1.CN[C@H](CCC(N)=O)C(=O)O. The van der Waals surface area contributed by atoms with Crippen molar-refractivity contribution >= 4 is 63.7 Å². The maximum atomic E-state index is 13.5. The van der Waals surface area contributed by atoms with Crippen LogP contribution in [-0.2, 0) is 14.4 Å². The van der Waals surface area contributed by atoms with E-state index >= 15 is 0 Å². The van der Waals surface area contributed by atoms with Crippen LogP contribution in [0.4, 0.5) is 11.4 Å². The maximum absolute atomic E-state index is 13.5. The lowest BCUT2D eigenvalue weighted by atomic mass is 9.82. The number of carbonyl (C=O) groups excluding carboxylic acids is 3. The van der Waals surface area contributed by atoms with Crippen LogP contribution in [0.3, 0.4) is 0 Å². The first-order valence-corrected chi connectivity index (χ1v) is 16.8. The van der Waals surface area contributed by atoms with Crippen molar-refractivity contribution in [1.82, 2.24) is 10.3 Å². The van der Waals surface area contributed by atoms with Gasteiger partial charge in [-0.1, -0.05) is 19.1 Å². The molecule has 0 radical (unpaired) electrons. The van der Waals surface area contributed by atoms with Gasteiger partial charge in [-0.05, 0) is 82.7 Å². The Balaban J connectivity index is 0.000000449. The number of thiazole rings is 1. The first-order valence-electron chi connectivity index (χ1n) is 15.0. The van der Waals surface area contributed by atoms with Gasteiger partial charge in [0, 0.05) is 34.3 Å². The van der Waals surface area contributed by atoms with Crippen LogP contribution >= 0.6 is 22.7 Å². The molecule has 4 rings (SSSR count). The van der Waals surface area contributed by atoms with Crippen molar-refractivity contribution < 1.29 is 34.2 Å². The first-order chi connectivity index (χ1) is 21.8. The molecule has 14 heteroatoms. The highest BCUT2D eigenvalue weighted by molar-refractivity contribution is 7.18. The second kappa shape index (κ2) is 17.0. The van der Waals surface area contributed by atoms with Crippen molar-refractivity contribution in [2.24, 2.45) is 17.6 Å². The Kier molecular flexibility index (Phi) is 13.4. The van der Waals surface area contributed by atoms with E-state index in [9.17, 15) is 29.1 Å². The molecule has 6 N–H and O–H groups in total. The van der Waals surface area contributed by atoms with E-state index in [1.54, 1.807) is 34.0 Å². The van der Waals surface area contributed by atoms with E-state index in [-0.39, 0.29) is 41.5 Å². The van der Waals surface area contributed by atoms with Gasteiger partial charge >= 0.3 is 11.9 Å². The molecule has 1 aliphatic carbocycles. The van der Waals surface area contributed by atoms with E-state index < -0.39 is 23.9 Å². The zero-order valence-corrected chi connectivity index (χ0v) is 28.0. The van der Waals surface area contributed by atoms with Crippen molar-refractivity contribution in [2.45, 2.75) is 71.4 Å². The van der Waals surface area contributed by atoms with Crippen LogP contribution in [0.2, 0.25) is 0 Å². The van der Waals surface area contributed by atoms with Crippen LogP contribution in [0.5, 0.6) is 0 Å². The van der Waals surface area contributed by atoms with Crippen LogP contribution in [0.25, 0.3) is 10.4 Å². The van der Waals surface area contributed by atoms with Crippen molar-refractivity contribution in [3.63, 3.8) is 0 Å². The number of nitrogens with zero attached hydrogens (tertiary/aromatic N) is 2. The van der Waals surface area contributed by atoms with Crippen LogP contribution in [0.15, 0.2) is 41.2 Å². The molecule has 3 aromatic rings. The van der Waals surface area contributed by atoms with E-state index in [0.29, 0.717) is 23.0 Å². The summed E-state index contributed by atoms with van der Waals surface area (Å²) in [4.78, 5) is 65.1. The molecule has 1 atom stereocenters. The zero-order chi connectivity index (χ0) is 34.0. The largest absolute Gasteiger partial charge is 0.480 e. The Morgan fingerprint density at radius 3 is 2.22 bits per heavy atom. The summed E-state index contributed by atoms with van der Waals surface area (Å²) in [5.74, 6) is -2.20. The number of carboxylic acids is 2. The molecule has 0 unspecified atom stereocenters. The molecular formula is C32H41N5O7S2. The van der Waals surface area contributed by atoms with Gasteiger partial charge in [0.1, 0.15) is 16.6 Å². The van der Waals surface area contributed by atoms with Crippen molar-refractivity contribution in [2.75, 3.05) is 17.3 Å². The van der Waals surface area contributed by atoms with E-state index in [1.165, 1.54) is 18.4 Å². The lowest BCUT2D eigenvalue weighted by Gasteiger charge is -2.33. The molecule has 2 heterocycles. The van der Waals surface area contributed by atoms with Gasteiger partial charge in [0.25, 0.3) is 5.91 Å². The molecule has 12 nitrogen and oxygen atoms in total. The smallest absolute Gasteiger partial charge is 0.348 e. The highest BCUT2D eigenvalue weighted by atomic mass is 32.1. The zero-order valence-electron chi connectivity index (χ0n) is 26.3. The summed E-state index contributed by atoms with van der Waals surface area (Å²) < 4.78 is 0. The monoisotopic (exact) mass is 671 g/mol. The molecule has 0 bridgehead atoms. The predicted octanol–water partition coefficient (Wildman–Crippen LogP) is 5.31. The summed E-state index contributed by atoms with van der Waals surface area (Å²) in [7, 11) is 1.53. The molecule has 1 fully saturated rings. The Morgan fingerprint density at radius 1 is 1.07 bits per heavy atom. The lowest BCUT2D eigenvalue weighted by Crippen LogP contribution is -2.42. The summed E-state index contributed by atoms with van der Waals surface area (Å²) in [6, 6.07) is 8.18. The van der Waals surface area contributed by atoms with Gasteiger partial charge in [0.2, 0.25) is 11.8 Å². The van der Waals surface area contributed by atoms with E-state index in [4.69, 9.17) is 10.8 Å². The van der Waals surface area contributed by atoms with Gasteiger partial charge in [0.15, 0.2) is 0 Å². The van der Waals surface area contributed by atoms with Gasteiger partial charge < -0.3 is 31.5 Å². The number of carboxylic acid groups (broad SMARTS) is 2. The van der Waals surface area contributed by atoms with E-state index in [2.05, 4.69) is 22.5 Å². The number of rotatable bonds is 12. The van der Waals surface area contributed by atoms with Gasteiger partial charge in [-0.25, -0.2) is 9.78 Å². The number of nitrogens with one attached hydrogen (secondary N) is 2. The Morgan fingerprint density at radius 2 is 1.72 bits per heavy atom. The first kappa shape index (κ1) is 36.3. The quantitative estimate of drug-likeness (QED) is 0.170. The second-order valence-electron chi connectivity index (χ2n) is 11.5. The topological polar surface area (TPSA) is 192 Å². The minimum absolute atomic E-state index is 0.0128. The normalized spacial score (nSPS) is 16.5. The van der Waals surface area contributed by atoms with Gasteiger partial charge in [-0.3, -0.25) is 19.2 Å². The van der Waals surface area contributed by atoms with Crippen LogP contribution in [-0.4, -0.2) is 64.0 Å². The third-order valence-corrected chi connectivity index (χ3v) is 9.45. The van der Waals surface area contributed by atoms with Crippen LogP contribution in [0.1, 0.15) is 79.5 Å². The summed E-state index contributed by atoms with van der Waals surface area (Å²) in [5, 5.41) is 25.4. The summed E-state index contributed by atoms with van der Waals surface area (Å²) >= 11 is 2.51. The van der Waals surface area contributed by atoms with Crippen molar-refractivity contribution in [3.05, 3.63) is 51.8 Å². The number of carbonyl (C=O) groups is 5. The number of primary amides is 1. The number of aromatic nitrogens is 1. The molecule has 1 aliphatic rings. The molecule has 1 aromatic carbocycles. The number of aromatic carboxylic acids is 1. The fourth-order valence-corrected chi connectivity index (χ4v) is 6.65. The summed E-state index contributed by atoms with van der Waals surface area (Å²) in [6.45, 7) is 6.06. The molecule has 0 spiro atoms. The average molecular weight is 672 g/mol. The number of hydrogen-bond donors (Lipinski definition) is 5. The molecule has 3 amide bonds. The fourth-order valence-electron chi connectivity index (χ4n) is 5.13. The number of likely N-dealkylation sites (N-methyl/N-ethyl adjacent to an activating group) is 1. The van der Waals surface area contributed by atoms with E-state index in [1.807, 2.05) is 26.0 Å². The molecule has 0 aliphatic heterocycles. The predicted molar refractivity (Wildman–Crippen MR) is 179 cm³/mol. The molecule has 1 saturated carbocycles. The van der Waals surface area contributed by atoms with E-state index in [0.717, 1.165) is 47.5 Å². The third-order valence-electron chi connectivity index (χ3n) is 7.70. The lowest BCUT2D eigenvalue weighted by molar-refractivity contribution is -0.139. The number of aliphatic carboxylic acids is 1. The van der Waals surface area contributed by atoms with Crippen molar-refractivity contribution in [3.8, 4) is 10.4 Å². The summed E-state index contributed by atoms with van der Waals surface area (Å²) in [6.07, 6.45) is 4.06. The minimum atomic E-state index is -1.04. The number of hydrogen-bond acceptors (Lipinski definition) is 9. The third kappa shape index (κ3) is 9.93. The Hall–Kier alpha value is -4.14. The van der Waals surface area contributed by atoms with Crippen LogP contribution in [0, 0.1) is 11.8 Å². The van der Waals surface area contributed by atoms with Gasteiger partial charge in [0.05, 0.1) is 11.2 Å². The maximum Gasteiger partial charge on any atom is 0.348 e. The van der Waals surface area contributed by atoms with Crippen LogP contribution < -0.4 is 21.3 Å². The number of thiophene rings is 1. The molecule has 0 saturated heterocycles. The standard InChI is InChI=1S/C26H29N3O4S2.C6H12N2O3/c1-15(2)29(25(31)18-6-4-16(3)5-7-18)21-12-22(35-23(21)26(32)33)17-8-10-19(11-9-17)28-24(30)20-13-34-14-27-20;1-8-4(6(10)11)2-3-5(7)9/h8-16,18H,4-7H2,1-3H3,(H,28,30)(H,32,33);4,8H,2-3H2,1H3,(H2,7,9)(H,10,11)/t16-,18-;4-/m.1/s1. The fraction of sp³-hybridized carbons (Fsp3) is 0.438. The Labute approximate surface area is 276 Å². The number of benzene rings is 1. The minimum Gasteiger partial charge on any atom is -0.480 e. The highest BCUT2D eigenvalue weighted by Gasteiger charge is 2.33.